The van der Waals surface area contributed by atoms with Gasteiger partial charge in [0.05, 0.1) is 6.61 Å². The highest BCUT2D eigenvalue weighted by molar-refractivity contribution is 6.00. The van der Waals surface area contributed by atoms with Crippen LogP contribution in [0.25, 0.3) is 0 Å². The molecular formula is C13H20N4O3. The number of ether oxygens (including phenoxy) is 1. The van der Waals surface area contributed by atoms with Gasteiger partial charge in [-0.2, -0.15) is 0 Å². The van der Waals surface area contributed by atoms with Crippen LogP contribution in [0.3, 0.4) is 0 Å². The van der Waals surface area contributed by atoms with E-state index in [1.807, 2.05) is 17.8 Å². The molecular weight excluding hydrogens is 260 g/mol. The van der Waals surface area contributed by atoms with Gasteiger partial charge in [-0.05, 0) is 30.5 Å². The van der Waals surface area contributed by atoms with Crippen LogP contribution in [-0.4, -0.2) is 18.4 Å². The molecule has 0 unspecified atom stereocenters. The number of nitrogens with two attached hydrogens (primary N) is 2. The summed E-state index contributed by atoms with van der Waals surface area (Å²) >= 11 is 0. The van der Waals surface area contributed by atoms with Gasteiger partial charge in [0.15, 0.2) is 0 Å². The third-order valence-corrected chi connectivity index (χ3v) is 2.75. The summed E-state index contributed by atoms with van der Waals surface area (Å²) < 4.78 is 5.45. The first kappa shape index (κ1) is 15.9. The van der Waals surface area contributed by atoms with Gasteiger partial charge < -0.3 is 4.74 Å². The summed E-state index contributed by atoms with van der Waals surface area (Å²) in [4.78, 5) is 23.1. The van der Waals surface area contributed by atoms with E-state index in [-0.39, 0.29) is 6.42 Å². The van der Waals surface area contributed by atoms with Crippen molar-refractivity contribution in [1.82, 2.24) is 10.9 Å². The van der Waals surface area contributed by atoms with Crippen LogP contribution in [0.4, 0.5) is 0 Å². The maximum Gasteiger partial charge on any atom is 0.246 e. The molecule has 0 heterocycles. The van der Waals surface area contributed by atoms with Crippen LogP contribution in [0.2, 0.25) is 0 Å². The molecule has 0 radical (unpaired) electrons. The third-order valence-electron chi connectivity index (χ3n) is 2.75. The minimum Gasteiger partial charge on any atom is -0.494 e. The predicted molar refractivity (Wildman–Crippen MR) is 74.1 cm³/mol. The molecule has 0 spiro atoms. The van der Waals surface area contributed by atoms with E-state index in [4.69, 9.17) is 16.4 Å². The van der Waals surface area contributed by atoms with Gasteiger partial charge in [-0.1, -0.05) is 19.1 Å². The van der Waals surface area contributed by atoms with Gasteiger partial charge in [0.25, 0.3) is 0 Å². The molecule has 0 fully saturated rings. The Bertz CT molecular complexity index is 431. The molecule has 2 amide bonds. The fourth-order valence-electron chi connectivity index (χ4n) is 1.68. The van der Waals surface area contributed by atoms with E-state index in [9.17, 15) is 9.59 Å². The molecule has 110 valence electrons. The average Bonchev–Trinajstić information content (AvgIpc) is 2.50. The number of carbonyl (C=O) groups is 2. The Hall–Kier alpha value is -2.12. The van der Waals surface area contributed by atoms with Gasteiger partial charge in [-0.25, -0.2) is 11.7 Å². The molecule has 1 rings (SSSR count). The zero-order valence-electron chi connectivity index (χ0n) is 11.4. The fourth-order valence-corrected chi connectivity index (χ4v) is 1.68. The molecule has 0 aliphatic carbocycles. The Morgan fingerprint density at radius 2 is 1.70 bits per heavy atom. The molecule has 0 aliphatic heterocycles. The molecule has 1 aromatic rings. The molecule has 7 nitrogen and oxygen atoms in total. The molecule has 20 heavy (non-hydrogen) atoms. The van der Waals surface area contributed by atoms with Crippen molar-refractivity contribution in [3.8, 4) is 5.75 Å². The summed E-state index contributed by atoms with van der Waals surface area (Å²) in [6.07, 6.45) is 1.14. The maximum absolute atomic E-state index is 11.5. The van der Waals surface area contributed by atoms with Crippen LogP contribution in [0, 0.1) is 5.92 Å². The summed E-state index contributed by atoms with van der Waals surface area (Å²) in [5, 5.41) is 0. The lowest BCUT2D eigenvalue weighted by atomic mass is 9.98. The highest BCUT2D eigenvalue weighted by Gasteiger charge is 2.25. The van der Waals surface area contributed by atoms with Gasteiger partial charge in [-0.15, -0.1) is 0 Å². The Labute approximate surface area is 117 Å². The van der Waals surface area contributed by atoms with E-state index in [2.05, 4.69) is 0 Å². The molecule has 0 bridgehead atoms. The maximum atomic E-state index is 11.5. The van der Waals surface area contributed by atoms with Crippen LogP contribution < -0.4 is 27.3 Å². The average molecular weight is 280 g/mol. The second kappa shape index (κ2) is 8.13. The summed E-state index contributed by atoms with van der Waals surface area (Å²) in [5.74, 6) is 8.73. The summed E-state index contributed by atoms with van der Waals surface area (Å²) in [7, 11) is 0. The van der Waals surface area contributed by atoms with E-state index in [0.29, 0.717) is 6.61 Å². The zero-order chi connectivity index (χ0) is 15.0. The quantitative estimate of drug-likeness (QED) is 0.235. The van der Waals surface area contributed by atoms with Gasteiger partial charge >= 0.3 is 0 Å². The Balaban J connectivity index is 2.73. The second-order valence-electron chi connectivity index (χ2n) is 4.27. The van der Waals surface area contributed by atoms with Crippen molar-refractivity contribution >= 4 is 11.8 Å². The van der Waals surface area contributed by atoms with E-state index in [0.717, 1.165) is 17.7 Å². The van der Waals surface area contributed by atoms with Crippen LogP contribution in [0.5, 0.6) is 5.75 Å². The number of nitrogens with one attached hydrogen (secondary N) is 2. The highest BCUT2D eigenvalue weighted by atomic mass is 16.5. The van der Waals surface area contributed by atoms with Crippen LogP contribution >= 0.6 is 0 Å². The van der Waals surface area contributed by atoms with Gasteiger partial charge in [-0.3, -0.25) is 20.4 Å². The lowest BCUT2D eigenvalue weighted by molar-refractivity contribution is -0.135. The molecule has 0 saturated heterocycles. The van der Waals surface area contributed by atoms with E-state index in [1.54, 1.807) is 24.3 Å². The second-order valence-corrected chi connectivity index (χ2v) is 4.27. The molecule has 6 N–H and O–H groups in total. The number of rotatable bonds is 7. The summed E-state index contributed by atoms with van der Waals surface area (Å²) in [5.41, 5.74) is 4.73. The Morgan fingerprint density at radius 3 is 2.15 bits per heavy atom. The Kier molecular flexibility index (Phi) is 6.48. The fraction of sp³-hybridized carbons (Fsp3) is 0.385. The minimum absolute atomic E-state index is 0.208. The summed E-state index contributed by atoms with van der Waals surface area (Å²) in [6.45, 7) is 2.67. The minimum atomic E-state index is -0.965. The first-order valence-corrected chi connectivity index (χ1v) is 6.35. The number of amides is 2. The lowest BCUT2D eigenvalue weighted by Gasteiger charge is -2.14. The van der Waals surface area contributed by atoms with E-state index < -0.39 is 17.7 Å². The van der Waals surface area contributed by atoms with Crippen LogP contribution in [-0.2, 0) is 16.0 Å². The topological polar surface area (TPSA) is 119 Å². The zero-order valence-corrected chi connectivity index (χ0v) is 11.4. The monoisotopic (exact) mass is 280 g/mol. The van der Waals surface area contributed by atoms with Crippen LogP contribution in [0.1, 0.15) is 18.9 Å². The normalized spacial score (nSPS) is 10.2. The van der Waals surface area contributed by atoms with Crippen molar-refractivity contribution in [2.24, 2.45) is 17.6 Å². The van der Waals surface area contributed by atoms with E-state index in [1.165, 1.54) is 0 Å². The van der Waals surface area contributed by atoms with E-state index >= 15 is 0 Å². The number of hydrogen-bond donors (Lipinski definition) is 4. The number of benzene rings is 1. The van der Waals surface area contributed by atoms with Gasteiger partial charge in [0.2, 0.25) is 11.8 Å². The number of hydrazine groups is 2. The standard InChI is InChI=1S/C13H20N4O3/c1-2-7-20-10-5-3-9(4-6-10)8-11(12(18)16-14)13(19)17-15/h3-6,11H,2,7-8,14-15H2,1H3,(H,16,18)(H,17,19). The molecule has 0 aromatic heterocycles. The highest BCUT2D eigenvalue weighted by Crippen LogP contribution is 2.15. The molecule has 0 aliphatic rings. The van der Waals surface area contributed by atoms with Crippen molar-refractivity contribution in [3.63, 3.8) is 0 Å². The lowest BCUT2D eigenvalue weighted by Crippen LogP contribution is -2.46. The van der Waals surface area contributed by atoms with Crippen molar-refractivity contribution in [3.05, 3.63) is 29.8 Å². The van der Waals surface area contributed by atoms with Crippen molar-refractivity contribution < 1.29 is 14.3 Å². The Morgan fingerprint density at radius 1 is 1.15 bits per heavy atom. The van der Waals surface area contributed by atoms with Crippen molar-refractivity contribution in [2.45, 2.75) is 19.8 Å². The van der Waals surface area contributed by atoms with Crippen molar-refractivity contribution in [1.29, 1.82) is 0 Å². The SMILES string of the molecule is CCCOc1ccc(CC(C(=O)NN)C(=O)NN)cc1. The van der Waals surface area contributed by atoms with Crippen molar-refractivity contribution in [2.75, 3.05) is 6.61 Å². The van der Waals surface area contributed by atoms with Gasteiger partial charge in [0.1, 0.15) is 11.7 Å². The third kappa shape index (κ3) is 4.52. The smallest absolute Gasteiger partial charge is 0.246 e. The number of hydrogen-bond acceptors (Lipinski definition) is 5. The summed E-state index contributed by atoms with van der Waals surface area (Å²) in [6, 6.07) is 7.18. The first-order chi connectivity index (χ1) is 9.62. The number of carbonyl (C=O) groups excluding carboxylic acids is 2. The first-order valence-electron chi connectivity index (χ1n) is 6.35. The predicted octanol–water partition coefficient (Wildman–Crippen LogP) is -0.386. The van der Waals surface area contributed by atoms with Gasteiger partial charge in [0, 0.05) is 0 Å². The molecule has 0 atom stereocenters. The molecule has 7 heteroatoms. The molecule has 1 aromatic carbocycles. The molecule has 0 saturated carbocycles. The largest absolute Gasteiger partial charge is 0.494 e. The van der Waals surface area contributed by atoms with Crippen LogP contribution in [0.15, 0.2) is 24.3 Å².